The second kappa shape index (κ2) is 4.77. The van der Waals surface area contributed by atoms with Crippen LogP contribution in [0.4, 0.5) is 0 Å². The van der Waals surface area contributed by atoms with Crippen molar-refractivity contribution in [2.45, 2.75) is 46.0 Å². The molecule has 0 amide bonds. The zero-order chi connectivity index (χ0) is 11.5. The van der Waals surface area contributed by atoms with E-state index in [9.17, 15) is 9.59 Å². The second-order valence-corrected chi connectivity index (χ2v) is 5.18. The Morgan fingerprint density at radius 3 is 2.60 bits per heavy atom. The van der Waals surface area contributed by atoms with Crippen LogP contribution in [0.2, 0.25) is 0 Å². The lowest BCUT2D eigenvalue weighted by atomic mass is 9.70. The van der Waals surface area contributed by atoms with Gasteiger partial charge in [0.05, 0.1) is 7.11 Å². The Morgan fingerprint density at radius 1 is 1.40 bits per heavy atom. The first-order valence-corrected chi connectivity index (χ1v) is 5.54. The van der Waals surface area contributed by atoms with E-state index in [1.165, 1.54) is 13.5 Å². The second-order valence-electron chi connectivity index (χ2n) is 5.18. The van der Waals surface area contributed by atoms with Gasteiger partial charge >= 0.3 is 5.97 Å². The van der Waals surface area contributed by atoms with E-state index in [0.717, 1.165) is 19.3 Å². The van der Waals surface area contributed by atoms with Gasteiger partial charge in [0.25, 0.3) is 0 Å². The first kappa shape index (κ1) is 12.2. The Kier molecular flexibility index (Phi) is 3.89. The van der Waals surface area contributed by atoms with Crippen LogP contribution in [0.3, 0.4) is 0 Å². The molecule has 1 atom stereocenters. The average Bonchev–Trinajstić information content (AvgIpc) is 2.16. The molecule has 1 aliphatic carbocycles. The van der Waals surface area contributed by atoms with Crippen molar-refractivity contribution in [1.29, 1.82) is 0 Å². The third-order valence-electron chi connectivity index (χ3n) is 3.21. The number of esters is 1. The van der Waals surface area contributed by atoms with Crippen molar-refractivity contribution < 1.29 is 14.3 Å². The number of ketones is 1. The quantitative estimate of drug-likeness (QED) is 0.532. The molecule has 1 rings (SSSR count). The van der Waals surface area contributed by atoms with Crippen molar-refractivity contribution in [3.05, 3.63) is 0 Å². The van der Waals surface area contributed by atoms with Gasteiger partial charge in [-0.3, -0.25) is 9.59 Å². The number of hydrogen-bond donors (Lipinski definition) is 0. The summed E-state index contributed by atoms with van der Waals surface area (Å²) in [5.74, 6) is -0.300. The average molecular weight is 212 g/mol. The fourth-order valence-corrected chi connectivity index (χ4v) is 2.33. The highest BCUT2D eigenvalue weighted by molar-refractivity contribution is 5.96. The molecular formula is C12H20O3. The third-order valence-corrected chi connectivity index (χ3v) is 3.21. The minimum Gasteiger partial charge on any atom is -0.469 e. The molecule has 0 saturated heterocycles. The minimum atomic E-state index is -0.414. The lowest BCUT2D eigenvalue weighted by Gasteiger charge is -2.34. The minimum absolute atomic E-state index is 0.0506. The molecule has 3 heteroatoms. The van der Waals surface area contributed by atoms with Gasteiger partial charge in [-0.2, -0.15) is 0 Å². The van der Waals surface area contributed by atoms with Gasteiger partial charge in [-0.15, -0.1) is 0 Å². The van der Waals surface area contributed by atoms with E-state index >= 15 is 0 Å². The Morgan fingerprint density at radius 2 is 2.07 bits per heavy atom. The van der Waals surface area contributed by atoms with Gasteiger partial charge in [-0.1, -0.05) is 20.3 Å². The van der Waals surface area contributed by atoms with Gasteiger partial charge in [0.15, 0.2) is 0 Å². The number of methoxy groups -OCH3 is 1. The number of carbonyl (C=O) groups excluding carboxylic acids is 2. The van der Waals surface area contributed by atoms with Crippen molar-refractivity contribution >= 4 is 11.8 Å². The highest BCUT2D eigenvalue weighted by atomic mass is 16.5. The normalized spacial score (nSPS) is 24.6. The van der Waals surface area contributed by atoms with Crippen LogP contribution in [0.5, 0.6) is 0 Å². The molecule has 3 nitrogen and oxygen atoms in total. The third kappa shape index (κ3) is 3.65. The Bertz CT molecular complexity index is 256. The predicted molar refractivity (Wildman–Crippen MR) is 57.4 cm³/mol. The van der Waals surface area contributed by atoms with Crippen molar-refractivity contribution in [3.63, 3.8) is 0 Å². The van der Waals surface area contributed by atoms with Crippen LogP contribution in [0.1, 0.15) is 46.0 Å². The topological polar surface area (TPSA) is 43.4 Å². The summed E-state index contributed by atoms with van der Waals surface area (Å²) in [5, 5.41) is 0. The molecule has 0 N–H and O–H groups in total. The molecule has 0 spiro atoms. The van der Waals surface area contributed by atoms with Crippen LogP contribution in [-0.2, 0) is 14.3 Å². The Hall–Kier alpha value is -0.860. The summed E-state index contributed by atoms with van der Waals surface area (Å²) in [5.41, 5.74) is 0.245. The summed E-state index contributed by atoms with van der Waals surface area (Å²) >= 11 is 0. The van der Waals surface area contributed by atoms with E-state index in [0.29, 0.717) is 0 Å². The molecule has 1 saturated carbocycles. The monoisotopic (exact) mass is 212 g/mol. The van der Waals surface area contributed by atoms with Gasteiger partial charge in [0.2, 0.25) is 0 Å². The summed E-state index contributed by atoms with van der Waals surface area (Å²) < 4.78 is 4.50. The van der Waals surface area contributed by atoms with Crippen molar-refractivity contribution in [2.24, 2.45) is 11.3 Å². The molecule has 1 aliphatic rings. The summed E-state index contributed by atoms with van der Waals surface area (Å²) in [6.45, 7) is 4.37. The van der Waals surface area contributed by atoms with Gasteiger partial charge in [-0.05, 0) is 24.7 Å². The zero-order valence-corrected chi connectivity index (χ0v) is 9.84. The van der Waals surface area contributed by atoms with Crippen molar-refractivity contribution in [3.8, 4) is 0 Å². The van der Waals surface area contributed by atoms with Crippen LogP contribution in [0.15, 0.2) is 0 Å². The van der Waals surface area contributed by atoms with E-state index in [1.54, 1.807) is 0 Å². The maximum absolute atomic E-state index is 11.8. The van der Waals surface area contributed by atoms with Crippen molar-refractivity contribution in [2.75, 3.05) is 7.11 Å². The Labute approximate surface area is 91.2 Å². The highest BCUT2D eigenvalue weighted by Gasteiger charge is 2.32. The molecule has 0 bridgehead atoms. The van der Waals surface area contributed by atoms with Crippen LogP contribution < -0.4 is 0 Å². The predicted octanol–water partition coefficient (Wildman–Crippen LogP) is 2.33. The first-order chi connectivity index (χ1) is 6.94. The molecule has 0 aromatic rings. The first-order valence-electron chi connectivity index (χ1n) is 5.54. The number of Topliss-reactive ketones (excluding diaryl/α,β-unsaturated/α-hetero) is 1. The number of rotatable bonds is 3. The molecule has 0 heterocycles. The number of ether oxygens (including phenoxy) is 1. The zero-order valence-electron chi connectivity index (χ0n) is 9.84. The van der Waals surface area contributed by atoms with Gasteiger partial charge in [0, 0.05) is 5.92 Å². The maximum Gasteiger partial charge on any atom is 0.313 e. The lowest BCUT2D eigenvalue weighted by Crippen LogP contribution is -2.29. The smallest absolute Gasteiger partial charge is 0.313 e. The van der Waals surface area contributed by atoms with E-state index in [-0.39, 0.29) is 23.5 Å². The van der Waals surface area contributed by atoms with Crippen LogP contribution >= 0.6 is 0 Å². The van der Waals surface area contributed by atoms with E-state index in [1.807, 2.05) is 0 Å². The molecule has 1 unspecified atom stereocenters. The van der Waals surface area contributed by atoms with E-state index in [4.69, 9.17) is 0 Å². The molecule has 0 aromatic heterocycles. The van der Waals surface area contributed by atoms with Crippen LogP contribution in [-0.4, -0.2) is 18.9 Å². The number of carbonyl (C=O) groups is 2. The molecule has 86 valence electrons. The summed E-state index contributed by atoms with van der Waals surface area (Å²) in [6.07, 6.45) is 4.04. The van der Waals surface area contributed by atoms with Crippen LogP contribution in [0.25, 0.3) is 0 Å². The van der Waals surface area contributed by atoms with E-state index in [2.05, 4.69) is 18.6 Å². The van der Waals surface area contributed by atoms with E-state index < -0.39 is 5.97 Å². The molecular weight excluding hydrogens is 192 g/mol. The summed E-state index contributed by atoms with van der Waals surface area (Å²) in [7, 11) is 1.32. The fraction of sp³-hybridized carbons (Fsp3) is 0.833. The van der Waals surface area contributed by atoms with Gasteiger partial charge in [-0.25, -0.2) is 0 Å². The molecule has 15 heavy (non-hydrogen) atoms. The highest BCUT2D eigenvalue weighted by Crippen LogP contribution is 2.39. The van der Waals surface area contributed by atoms with Gasteiger partial charge < -0.3 is 4.74 Å². The number of hydrogen-bond acceptors (Lipinski definition) is 3. The molecule has 0 radical (unpaired) electrons. The molecule has 1 fully saturated rings. The SMILES string of the molecule is COC(=O)CC(=O)C1CCCC(C)(C)C1. The Balaban J connectivity index is 2.49. The lowest BCUT2D eigenvalue weighted by molar-refractivity contribution is -0.144. The largest absolute Gasteiger partial charge is 0.469 e. The summed E-state index contributed by atoms with van der Waals surface area (Å²) in [4.78, 5) is 22.7. The van der Waals surface area contributed by atoms with Crippen molar-refractivity contribution in [1.82, 2.24) is 0 Å². The molecule has 0 aliphatic heterocycles. The fourth-order valence-electron chi connectivity index (χ4n) is 2.33. The van der Waals surface area contributed by atoms with Crippen LogP contribution in [0, 0.1) is 11.3 Å². The molecule has 0 aromatic carbocycles. The van der Waals surface area contributed by atoms with Gasteiger partial charge in [0.1, 0.15) is 12.2 Å². The summed E-state index contributed by atoms with van der Waals surface area (Å²) in [6, 6.07) is 0. The maximum atomic E-state index is 11.8. The standard InChI is InChI=1S/C12H20O3/c1-12(2)6-4-5-9(8-12)10(13)7-11(14)15-3/h9H,4-8H2,1-3H3.